The smallest absolute Gasteiger partial charge is 0.331 e. The molecule has 6 nitrogen and oxygen atoms in total. The highest BCUT2D eigenvalue weighted by molar-refractivity contribution is 8.19. The molecular weight excluding hydrogens is 436 g/mol. The minimum atomic E-state index is -1.12. The van der Waals surface area contributed by atoms with Crippen molar-refractivity contribution in [3.05, 3.63) is 75.9 Å². The molecule has 0 aliphatic carbocycles. The SMILES string of the molecule is CCC/N=C1\S/C(=C\c2ccc(O/C=C/C(=O)O)c(Cl)c2)C(=O)N1c1ccccc1C. The zero-order valence-corrected chi connectivity index (χ0v) is 18.6. The number of amidine groups is 1. The number of amides is 1. The first-order chi connectivity index (χ1) is 14.9. The molecule has 2 aromatic carbocycles. The van der Waals surface area contributed by atoms with Crippen molar-refractivity contribution in [1.29, 1.82) is 0 Å². The van der Waals surface area contributed by atoms with Crippen LogP contribution in [-0.4, -0.2) is 28.7 Å². The van der Waals surface area contributed by atoms with Crippen LogP contribution in [0.4, 0.5) is 5.69 Å². The van der Waals surface area contributed by atoms with E-state index in [4.69, 9.17) is 21.4 Å². The van der Waals surface area contributed by atoms with E-state index in [1.54, 1.807) is 29.2 Å². The lowest BCUT2D eigenvalue weighted by Gasteiger charge is -2.17. The van der Waals surface area contributed by atoms with Crippen LogP contribution < -0.4 is 9.64 Å². The minimum Gasteiger partial charge on any atom is -0.478 e. The van der Waals surface area contributed by atoms with Gasteiger partial charge in [0.05, 0.1) is 28.0 Å². The number of carbonyl (C=O) groups is 2. The maximum absolute atomic E-state index is 13.2. The molecule has 160 valence electrons. The van der Waals surface area contributed by atoms with Gasteiger partial charge < -0.3 is 9.84 Å². The summed E-state index contributed by atoms with van der Waals surface area (Å²) in [6, 6.07) is 12.7. The summed E-state index contributed by atoms with van der Waals surface area (Å²) >= 11 is 7.58. The molecule has 0 aromatic heterocycles. The van der Waals surface area contributed by atoms with E-state index >= 15 is 0 Å². The van der Waals surface area contributed by atoms with Gasteiger partial charge in [-0.05, 0) is 60.5 Å². The molecule has 0 spiro atoms. The zero-order chi connectivity index (χ0) is 22.4. The molecule has 0 atom stereocenters. The van der Waals surface area contributed by atoms with Crippen molar-refractivity contribution in [3.63, 3.8) is 0 Å². The third-order valence-corrected chi connectivity index (χ3v) is 5.59. The highest BCUT2D eigenvalue weighted by Crippen LogP contribution is 2.38. The predicted molar refractivity (Wildman–Crippen MR) is 126 cm³/mol. The van der Waals surface area contributed by atoms with Crippen LogP contribution in [0.2, 0.25) is 5.02 Å². The fourth-order valence-corrected chi connectivity index (χ4v) is 4.06. The number of anilines is 1. The van der Waals surface area contributed by atoms with Crippen LogP contribution in [0.3, 0.4) is 0 Å². The van der Waals surface area contributed by atoms with Gasteiger partial charge in [0, 0.05) is 6.54 Å². The summed E-state index contributed by atoms with van der Waals surface area (Å²) in [6.07, 6.45) is 4.56. The number of aryl methyl sites for hydroxylation is 1. The number of para-hydroxylation sites is 1. The number of halogens is 1. The molecule has 0 radical (unpaired) electrons. The number of hydrogen-bond donors (Lipinski definition) is 1. The second kappa shape index (κ2) is 10.3. The second-order valence-corrected chi connectivity index (χ2v) is 8.07. The van der Waals surface area contributed by atoms with Crippen molar-refractivity contribution in [1.82, 2.24) is 0 Å². The number of thioether (sulfide) groups is 1. The summed E-state index contributed by atoms with van der Waals surface area (Å²) in [6.45, 7) is 4.63. The summed E-state index contributed by atoms with van der Waals surface area (Å²) in [5.74, 6) is -0.943. The maximum atomic E-state index is 13.2. The van der Waals surface area contributed by atoms with Gasteiger partial charge in [-0.25, -0.2) is 4.79 Å². The molecule has 1 aliphatic heterocycles. The van der Waals surface area contributed by atoms with Gasteiger partial charge in [-0.1, -0.05) is 42.8 Å². The standard InChI is InChI=1S/C23H21ClN2O4S/c1-3-11-25-23-26(18-7-5-4-6-15(18)2)22(29)20(31-23)14-16-8-9-19(17(24)13-16)30-12-10-21(27)28/h4-10,12-14H,3,11H2,1-2H3,(H,27,28)/b12-10+,20-14-,25-23-. The molecule has 1 N–H and O–H groups in total. The summed E-state index contributed by atoms with van der Waals surface area (Å²) in [7, 11) is 0. The highest BCUT2D eigenvalue weighted by atomic mass is 35.5. The first-order valence-corrected chi connectivity index (χ1v) is 10.8. The van der Waals surface area contributed by atoms with Gasteiger partial charge in [0.25, 0.3) is 5.91 Å². The zero-order valence-electron chi connectivity index (χ0n) is 17.0. The topological polar surface area (TPSA) is 79.2 Å². The Labute approximate surface area is 189 Å². The quantitative estimate of drug-likeness (QED) is 0.438. The van der Waals surface area contributed by atoms with Gasteiger partial charge in [0.15, 0.2) is 5.17 Å². The normalized spacial score (nSPS) is 16.6. The van der Waals surface area contributed by atoms with Gasteiger partial charge >= 0.3 is 5.97 Å². The molecule has 8 heteroatoms. The van der Waals surface area contributed by atoms with E-state index in [-0.39, 0.29) is 5.91 Å². The summed E-state index contributed by atoms with van der Waals surface area (Å²) in [5, 5.41) is 9.58. The van der Waals surface area contributed by atoms with Crippen LogP contribution in [0.1, 0.15) is 24.5 Å². The van der Waals surface area contributed by atoms with E-state index in [0.29, 0.717) is 27.4 Å². The highest BCUT2D eigenvalue weighted by Gasteiger charge is 2.35. The van der Waals surface area contributed by atoms with E-state index in [1.807, 2.05) is 38.1 Å². The van der Waals surface area contributed by atoms with Crippen LogP contribution in [-0.2, 0) is 9.59 Å². The maximum Gasteiger partial charge on any atom is 0.331 e. The second-order valence-electron chi connectivity index (χ2n) is 6.65. The number of ether oxygens (including phenoxy) is 1. The van der Waals surface area contributed by atoms with Crippen LogP contribution in [0.25, 0.3) is 6.08 Å². The average Bonchev–Trinajstić information content (AvgIpc) is 3.03. The lowest BCUT2D eigenvalue weighted by Crippen LogP contribution is -2.29. The molecule has 1 saturated heterocycles. The van der Waals surface area contributed by atoms with Crippen LogP contribution in [0, 0.1) is 6.92 Å². The summed E-state index contributed by atoms with van der Waals surface area (Å²) < 4.78 is 5.23. The summed E-state index contributed by atoms with van der Waals surface area (Å²) in [4.78, 5) is 30.6. The first-order valence-electron chi connectivity index (χ1n) is 9.60. The Bertz CT molecular complexity index is 1090. The van der Waals surface area contributed by atoms with Crippen LogP contribution in [0.5, 0.6) is 5.75 Å². The number of aliphatic imine (C=N–C) groups is 1. The van der Waals surface area contributed by atoms with Crippen LogP contribution in [0.15, 0.2) is 64.7 Å². The average molecular weight is 457 g/mol. The third-order valence-electron chi connectivity index (χ3n) is 4.29. The molecule has 1 heterocycles. The Hall–Kier alpha value is -3.03. The van der Waals surface area contributed by atoms with Gasteiger partial charge in [0.1, 0.15) is 5.75 Å². The number of carbonyl (C=O) groups excluding carboxylic acids is 1. The van der Waals surface area contributed by atoms with Crippen molar-refractivity contribution < 1.29 is 19.4 Å². The third kappa shape index (κ3) is 5.57. The van der Waals surface area contributed by atoms with Crippen molar-refractivity contribution in [3.8, 4) is 5.75 Å². The fourth-order valence-electron chi connectivity index (χ4n) is 2.83. The lowest BCUT2D eigenvalue weighted by atomic mass is 10.1. The lowest BCUT2D eigenvalue weighted by molar-refractivity contribution is -0.131. The molecule has 31 heavy (non-hydrogen) atoms. The Balaban J connectivity index is 1.90. The van der Waals surface area contributed by atoms with Crippen LogP contribution >= 0.6 is 23.4 Å². The number of rotatable bonds is 7. The van der Waals surface area contributed by atoms with Crippen molar-refractivity contribution in [2.45, 2.75) is 20.3 Å². The van der Waals surface area contributed by atoms with E-state index in [0.717, 1.165) is 35.6 Å². The Morgan fingerprint density at radius 2 is 2.06 bits per heavy atom. The van der Waals surface area contributed by atoms with Gasteiger partial charge in [-0.2, -0.15) is 0 Å². The van der Waals surface area contributed by atoms with Gasteiger partial charge in [-0.3, -0.25) is 14.7 Å². The number of aliphatic carboxylic acids is 1. The molecule has 0 unspecified atom stereocenters. The molecular formula is C23H21ClN2O4S. The molecule has 1 amide bonds. The first kappa shape index (κ1) is 22.7. The van der Waals surface area contributed by atoms with Gasteiger partial charge in [0.2, 0.25) is 0 Å². The van der Waals surface area contributed by atoms with Crippen molar-refractivity contribution in [2.75, 3.05) is 11.4 Å². The molecule has 1 aliphatic rings. The molecule has 2 aromatic rings. The van der Waals surface area contributed by atoms with Crippen molar-refractivity contribution in [2.24, 2.45) is 4.99 Å². The number of nitrogens with zero attached hydrogens (tertiary/aromatic N) is 2. The number of carboxylic acid groups (broad SMARTS) is 1. The largest absolute Gasteiger partial charge is 0.478 e. The Kier molecular flexibility index (Phi) is 7.55. The van der Waals surface area contributed by atoms with Gasteiger partial charge in [-0.15, -0.1) is 0 Å². The predicted octanol–water partition coefficient (Wildman–Crippen LogP) is 5.51. The Morgan fingerprint density at radius 1 is 1.29 bits per heavy atom. The molecule has 0 bridgehead atoms. The van der Waals surface area contributed by atoms with E-state index in [1.165, 1.54) is 11.8 Å². The monoisotopic (exact) mass is 456 g/mol. The fraction of sp³-hybridized carbons (Fsp3) is 0.174. The number of carboxylic acids is 1. The minimum absolute atomic E-state index is 0.144. The number of hydrogen-bond acceptors (Lipinski definition) is 5. The molecule has 1 fully saturated rings. The van der Waals surface area contributed by atoms with Crippen molar-refractivity contribution >= 4 is 52.2 Å². The molecule has 3 rings (SSSR count). The van der Waals surface area contributed by atoms with E-state index in [9.17, 15) is 9.59 Å². The number of benzene rings is 2. The van der Waals surface area contributed by atoms with E-state index in [2.05, 4.69) is 4.99 Å². The Morgan fingerprint density at radius 3 is 2.74 bits per heavy atom. The van der Waals surface area contributed by atoms with E-state index < -0.39 is 5.97 Å². The summed E-state index contributed by atoms with van der Waals surface area (Å²) in [5.41, 5.74) is 2.52. The molecule has 0 saturated carbocycles.